The smallest absolute Gasteiger partial charge is 0.149 e. The second kappa shape index (κ2) is 4.06. The van der Waals surface area contributed by atoms with Gasteiger partial charge >= 0.3 is 0 Å². The highest BCUT2D eigenvalue weighted by atomic mass is 28.1. The van der Waals surface area contributed by atoms with E-state index >= 15 is 0 Å². The molecular formula is C11H12NO2Si. The molecule has 0 aliphatic heterocycles. The monoisotopic (exact) mass is 218 g/mol. The third-order valence-corrected chi connectivity index (χ3v) is 3.09. The van der Waals surface area contributed by atoms with Gasteiger partial charge in [0.25, 0.3) is 0 Å². The minimum absolute atomic E-state index is 0.201. The van der Waals surface area contributed by atoms with Crippen LogP contribution in [0, 0.1) is 0 Å². The van der Waals surface area contributed by atoms with Gasteiger partial charge in [-0.2, -0.15) is 0 Å². The van der Waals surface area contributed by atoms with E-state index in [4.69, 9.17) is 0 Å². The number of hydrogen-bond donors (Lipinski definition) is 0. The zero-order chi connectivity index (χ0) is 11.6. The van der Waals surface area contributed by atoms with Crippen LogP contribution in [0.15, 0.2) is 18.3 Å². The fraction of sp³-hybridized carbons (Fsp3) is 0.364. The molecule has 15 heavy (non-hydrogen) atoms. The van der Waals surface area contributed by atoms with Crippen molar-refractivity contribution >= 4 is 27.0 Å². The van der Waals surface area contributed by atoms with Crippen LogP contribution in [0.4, 0.5) is 0 Å². The van der Waals surface area contributed by atoms with Crippen LogP contribution in [0.1, 0.15) is 26.5 Å². The van der Waals surface area contributed by atoms with Crippen LogP contribution in [0.25, 0.3) is 0 Å². The first kappa shape index (κ1) is 11.8. The van der Waals surface area contributed by atoms with E-state index in [1.165, 1.54) is 13.8 Å². The molecule has 0 fully saturated rings. The number of pyridine rings is 1. The van der Waals surface area contributed by atoms with Crippen LogP contribution >= 0.6 is 0 Å². The zero-order valence-corrected chi connectivity index (χ0v) is 10.00. The molecule has 0 saturated heterocycles. The summed E-state index contributed by atoms with van der Waals surface area (Å²) in [5.74, 6) is -0.401. The zero-order valence-electron chi connectivity index (χ0n) is 9.00. The fourth-order valence-electron chi connectivity index (χ4n) is 1.39. The molecule has 0 saturated carbocycles. The first-order chi connectivity index (χ1) is 6.90. The van der Waals surface area contributed by atoms with E-state index in [9.17, 15) is 9.59 Å². The summed E-state index contributed by atoms with van der Waals surface area (Å²) >= 11 is 0. The Labute approximate surface area is 92.3 Å². The van der Waals surface area contributed by atoms with Gasteiger partial charge in [0.1, 0.15) is 17.0 Å². The summed E-state index contributed by atoms with van der Waals surface area (Å²) in [6, 6.07) is 3.51. The minimum Gasteiger partial charge on any atom is -0.298 e. The number of hydrogen-bond acceptors (Lipinski definition) is 3. The van der Waals surface area contributed by atoms with Crippen molar-refractivity contribution in [1.29, 1.82) is 0 Å². The molecule has 0 aromatic carbocycles. The molecule has 0 aliphatic rings. The van der Waals surface area contributed by atoms with Gasteiger partial charge < -0.3 is 0 Å². The Morgan fingerprint density at radius 3 is 2.27 bits per heavy atom. The molecule has 0 aliphatic carbocycles. The summed E-state index contributed by atoms with van der Waals surface area (Å²) < 4.78 is 0. The van der Waals surface area contributed by atoms with E-state index in [1.54, 1.807) is 25.3 Å². The summed E-state index contributed by atoms with van der Waals surface area (Å²) in [5, 5.41) is 0.672. The van der Waals surface area contributed by atoms with Crippen molar-refractivity contribution in [3.63, 3.8) is 0 Å². The topological polar surface area (TPSA) is 47.0 Å². The predicted molar refractivity (Wildman–Crippen MR) is 58.3 cm³/mol. The fourth-order valence-corrected chi connectivity index (χ4v) is 1.80. The van der Waals surface area contributed by atoms with Crippen LogP contribution in [-0.4, -0.2) is 26.8 Å². The molecule has 4 heteroatoms. The lowest BCUT2D eigenvalue weighted by atomic mass is 9.79. The maximum absolute atomic E-state index is 11.6. The molecule has 0 spiro atoms. The van der Waals surface area contributed by atoms with Crippen LogP contribution in [0.2, 0.25) is 0 Å². The predicted octanol–water partition coefficient (Wildman–Crippen LogP) is 0.311. The summed E-state index contributed by atoms with van der Waals surface area (Å²) in [6.45, 7) is 4.41. The number of carbonyl (C=O) groups is 2. The normalized spacial score (nSPS) is 11.2. The van der Waals surface area contributed by atoms with Crippen molar-refractivity contribution in [2.75, 3.05) is 0 Å². The van der Waals surface area contributed by atoms with Crippen LogP contribution in [0.5, 0.6) is 0 Å². The Morgan fingerprint density at radius 2 is 1.87 bits per heavy atom. The highest BCUT2D eigenvalue weighted by Gasteiger charge is 2.39. The van der Waals surface area contributed by atoms with Crippen molar-refractivity contribution in [2.45, 2.75) is 26.2 Å². The first-order valence-electron chi connectivity index (χ1n) is 4.60. The highest BCUT2D eigenvalue weighted by Crippen LogP contribution is 2.22. The highest BCUT2D eigenvalue weighted by molar-refractivity contribution is 6.34. The van der Waals surface area contributed by atoms with Gasteiger partial charge in [0.15, 0.2) is 0 Å². The van der Waals surface area contributed by atoms with E-state index in [2.05, 4.69) is 15.2 Å². The summed E-state index contributed by atoms with van der Waals surface area (Å²) in [5.41, 5.74) is -0.681. The average molecular weight is 218 g/mol. The lowest BCUT2D eigenvalue weighted by Crippen LogP contribution is -2.42. The molecular weight excluding hydrogens is 206 g/mol. The van der Waals surface area contributed by atoms with Gasteiger partial charge in [0.2, 0.25) is 0 Å². The van der Waals surface area contributed by atoms with Crippen molar-refractivity contribution in [3.8, 4) is 0 Å². The van der Waals surface area contributed by atoms with Gasteiger partial charge in [-0.3, -0.25) is 14.6 Å². The molecule has 0 unspecified atom stereocenters. The molecule has 0 bridgehead atoms. The lowest BCUT2D eigenvalue weighted by Gasteiger charge is -2.24. The van der Waals surface area contributed by atoms with Gasteiger partial charge in [-0.05, 0) is 32.0 Å². The van der Waals surface area contributed by atoms with E-state index < -0.39 is 5.41 Å². The molecule has 1 aromatic heterocycles. The number of ketones is 2. The molecule has 1 aromatic rings. The average Bonchev–Trinajstić information content (AvgIpc) is 2.16. The number of nitrogens with zero attached hydrogens (tertiary/aromatic N) is 1. The summed E-state index contributed by atoms with van der Waals surface area (Å²) in [4.78, 5) is 27.3. The van der Waals surface area contributed by atoms with Crippen LogP contribution < -0.4 is 5.19 Å². The first-order valence-corrected chi connectivity index (χ1v) is 5.10. The van der Waals surface area contributed by atoms with E-state index in [0.717, 1.165) is 0 Å². The summed E-state index contributed by atoms with van der Waals surface area (Å²) in [7, 11) is 3.36. The van der Waals surface area contributed by atoms with E-state index in [0.29, 0.717) is 10.9 Å². The van der Waals surface area contributed by atoms with Gasteiger partial charge in [-0.1, -0.05) is 6.07 Å². The van der Waals surface area contributed by atoms with Crippen molar-refractivity contribution < 1.29 is 9.59 Å². The third-order valence-electron chi connectivity index (χ3n) is 2.69. The van der Waals surface area contributed by atoms with Gasteiger partial charge in [0, 0.05) is 6.20 Å². The Kier molecular flexibility index (Phi) is 3.19. The van der Waals surface area contributed by atoms with Gasteiger partial charge in [0.05, 0.1) is 15.9 Å². The molecule has 77 valence electrons. The molecule has 0 atom stereocenters. The molecule has 0 N–H and O–H groups in total. The molecule has 3 radical (unpaired) electrons. The minimum atomic E-state index is -1.15. The molecule has 0 amide bonds. The second-order valence-electron chi connectivity index (χ2n) is 3.64. The van der Waals surface area contributed by atoms with E-state index in [-0.39, 0.29) is 11.6 Å². The number of Topliss-reactive ketones (excluding diaryl/α,β-unsaturated/α-hetero) is 2. The van der Waals surface area contributed by atoms with Crippen LogP contribution in [-0.2, 0) is 15.0 Å². The number of aromatic nitrogens is 1. The third kappa shape index (κ3) is 1.90. The summed E-state index contributed by atoms with van der Waals surface area (Å²) in [6.07, 6.45) is 1.57. The Balaban J connectivity index is 3.41. The number of rotatable bonds is 3. The maximum atomic E-state index is 11.6. The largest absolute Gasteiger partial charge is 0.298 e. The molecule has 1 rings (SSSR count). The van der Waals surface area contributed by atoms with Gasteiger partial charge in [-0.15, -0.1) is 0 Å². The molecule has 1 heterocycles. The SMILES string of the molecule is CC(=O)C(C)(C(C)=O)c1ncccc1[Si]. The van der Waals surface area contributed by atoms with Gasteiger partial charge in [-0.25, -0.2) is 0 Å². The Bertz CT molecular complexity index is 401. The van der Waals surface area contributed by atoms with E-state index in [1.807, 2.05) is 0 Å². The Hall–Kier alpha value is -1.29. The Morgan fingerprint density at radius 1 is 1.33 bits per heavy atom. The van der Waals surface area contributed by atoms with Crippen molar-refractivity contribution in [3.05, 3.63) is 24.0 Å². The maximum Gasteiger partial charge on any atom is 0.149 e. The quantitative estimate of drug-likeness (QED) is 0.542. The van der Waals surface area contributed by atoms with Crippen molar-refractivity contribution in [2.24, 2.45) is 0 Å². The standard InChI is InChI=1S/C11H12NO2Si/c1-7(13)11(3,8(2)14)10-9(15)5-4-6-12-10/h4-6H,1-3H3. The van der Waals surface area contributed by atoms with Crippen molar-refractivity contribution in [1.82, 2.24) is 4.98 Å². The lowest BCUT2D eigenvalue weighted by molar-refractivity contribution is -0.132. The second-order valence-corrected chi connectivity index (χ2v) is 4.18. The molecule has 3 nitrogen and oxygen atoms in total. The number of carbonyl (C=O) groups excluding carboxylic acids is 2. The van der Waals surface area contributed by atoms with Crippen LogP contribution in [0.3, 0.4) is 0 Å².